The van der Waals surface area contributed by atoms with Crippen molar-refractivity contribution in [1.29, 1.82) is 0 Å². The smallest absolute Gasteiger partial charge is 0.240 e. The largest absolute Gasteiger partial charge is 0.295 e. The third kappa shape index (κ3) is 4.14. The fourth-order valence-electron chi connectivity index (χ4n) is 2.86. The zero-order valence-corrected chi connectivity index (χ0v) is 15.0. The topological polar surface area (TPSA) is 49.4 Å². The highest BCUT2D eigenvalue weighted by Crippen LogP contribution is 2.26. The van der Waals surface area contributed by atoms with E-state index in [2.05, 4.69) is 21.1 Å². The van der Waals surface area contributed by atoms with E-state index >= 15 is 0 Å². The third-order valence-corrected chi connectivity index (χ3v) is 6.49. The minimum atomic E-state index is -3.52. The molecule has 1 aliphatic heterocycles. The number of hydrogen-bond acceptors (Lipinski definition) is 4. The molecule has 1 atom stereocenters. The summed E-state index contributed by atoms with van der Waals surface area (Å²) < 4.78 is 27.7. The van der Waals surface area contributed by atoms with Gasteiger partial charge in [0.25, 0.3) is 0 Å². The average molecular weight is 371 g/mol. The van der Waals surface area contributed by atoms with E-state index in [1.807, 2.05) is 5.38 Å². The van der Waals surface area contributed by atoms with Crippen molar-refractivity contribution < 1.29 is 8.42 Å². The Balaban J connectivity index is 1.74. The summed E-state index contributed by atoms with van der Waals surface area (Å²) in [5.74, 6) is 0. The summed E-state index contributed by atoms with van der Waals surface area (Å²) in [6.45, 7) is 2.41. The summed E-state index contributed by atoms with van der Waals surface area (Å²) in [7, 11) is -3.52. The number of halogens is 1. The van der Waals surface area contributed by atoms with Gasteiger partial charge < -0.3 is 0 Å². The summed E-state index contributed by atoms with van der Waals surface area (Å²) in [6, 6.07) is 8.40. The Hall–Kier alpha value is -0.920. The number of rotatable bonds is 6. The molecule has 1 saturated heterocycles. The molecule has 2 aromatic rings. The molecule has 0 spiro atoms. The predicted molar refractivity (Wildman–Crippen MR) is 94.5 cm³/mol. The second kappa shape index (κ2) is 7.32. The van der Waals surface area contributed by atoms with Gasteiger partial charge in [-0.05, 0) is 72.6 Å². The molecule has 1 fully saturated rings. The molecular weight excluding hydrogens is 352 g/mol. The quantitative estimate of drug-likeness (QED) is 0.846. The van der Waals surface area contributed by atoms with Crippen molar-refractivity contribution in [2.45, 2.75) is 23.8 Å². The van der Waals surface area contributed by atoms with Gasteiger partial charge in [-0.2, -0.15) is 11.3 Å². The summed E-state index contributed by atoms with van der Waals surface area (Å²) >= 11 is 7.46. The molecule has 0 aliphatic carbocycles. The minimum Gasteiger partial charge on any atom is -0.295 e. The molecule has 0 unspecified atom stereocenters. The van der Waals surface area contributed by atoms with Gasteiger partial charge in [0.2, 0.25) is 10.0 Å². The van der Waals surface area contributed by atoms with Crippen molar-refractivity contribution in [3.8, 4) is 0 Å². The van der Waals surface area contributed by atoms with E-state index in [0.29, 0.717) is 11.6 Å². The van der Waals surface area contributed by atoms with Crippen molar-refractivity contribution in [2.24, 2.45) is 0 Å². The molecule has 0 radical (unpaired) electrons. The number of nitrogens with one attached hydrogen (secondary N) is 1. The standard InChI is InChI=1S/C16H19ClN2O2S2/c17-14-3-5-15(6-4-14)23(20,21)18-11-16(13-7-10-22-12-13)19-8-1-2-9-19/h3-7,10,12,16,18H,1-2,8-9,11H2/t16-/m0/s1. The van der Waals surface area contributed by atoms with Crippen LogP contribution in [0.4, 0.5) is 0 Å². The zero-order valence-electron chi connectivity index (χ0n) is 12.6. The van der Waals surface area contributed by atoms with Crippen LogP contribution in [0.5, 0.6) is 0 Å². The minimum absolute atomic E-state index is 0.0887. The summed E-state index contributed by atoms with van der Waals surface area (Å²) in [4.78, 5) is 2.60. The van der Waals surface area contributed by atoms with Crippen LogP contribution in [0.3, 0.4) is 0 Å². The van der Waals surface area contributed by atoms with Gasteiger partial charge in [0.15, 0.2) is 0 Å². The Morgan fingerprint density at radius 1 is 1.17 bits per heavy atom. The van der Waals surface area contributed by atoms with Crippen LogP contribution in [0.1, 0.15) is 24.4 Å². The van der Waals surface area contributed by atoms with Crippen LogP contribution >= 0.6 is 22.9 Å². The average Bonchev–Trinajstić information content (AvgIpc) is 3.21. The molecule has 124 valence electrons. The van der Waals surface area contributed by atoms with E-state index in [0.717, 1.165) is 13.1 Å². The zero-order chi connectivity index (χ0) is 16.3. The van der Waals surface area contributed by atoms with Crippen LogP contribution in [0, 0.1) is 0 Å². The fourth-order valence-corrected chi connectivity index (χ4v) is 4.73. The maximum atomic E-state index is 12.5. The van der Waals surface area contributed by atoms with Gasteiger partial charge >= 0.3 is 0 Å². The summed E-state index contributed by atoms with van der Waals surface area (Å²) in [5.41, 5.74) is 1.18. The second-order valence-electron chi connectivity index (χ2n) is 5.62. The van der Waals surface area contributed by atoms with E-state index < -0.39 is 10.0 Å². The lowest BCUT2D eigenvalue weighted by Crippen LogP contribution is -2.36. The maximum Gasteiger partial charge on any atom is 0.240 e. The molecule has 0 bridgehead atoms. The first kappa shape index (κ1) is 16.9. The van der Waals surface area contributed by atoms with Crippen molar-refractivity contribution in [1.82, 2.24) is 9.62 Å². The van der Waals surface area contributed by atoms with Gasteiger partial charge in [-0.25, -0.2) is 13.1 Å². The van der Waals surface area contributed by atoms with Crippen LogP contribution in [-0.4, -0.2) is 33.0 Å². The number of benzene rings is 1. The van der Waals surface area contributed by atoms with Gasteiger partial charge in [-0.3, -0.25) is 4.90 Å². The van der Waals surface area contributed by atoms with Crippen LogP contribution in [0.15, 0.2) is 46.0 Å². The predicted octanol–water partition coefficient (Wildman–Crippen LogP) is 3.52. The third-order valence-electron chi connectivity index (χ3n) is 4.10. The number of sulfonamides is 1. The highest BCUT2D eigenvalue weighted by Gasteiger charge is 2.25. The molecular formula is C16H19ClN2O2S2. The Morgan fingerprint density at radius 3 is 2.48 bits per heavy atom. The van der Waals surface area contributed by atoms with Gasteiger partial charge in [-0.15, -0.1) is 0 Å². The van der Waals surface area contributed by atoms with E-state index in [-0.39, 0.29) is 10.9 Å². The van der Waals surface area contributed by atoms with Gasteiger partial charge in [0.05, 0.1) is 4.90 Å². The Bertz CT molecular complexity index is 724. The van der Waals surface area contributed by atoms with E-state index in [9.17, 15) is 8.42 Å². The molecule has 1 N–H and O–H groups in total. The van der Waals surface area contributed by atoms with Gasteiger partial charge in [0.1, 0.15) is 0 Å². The van der Waals surface area contributed by atoms with E-state index in [1.54, 1.807) is 23.5 Å². The molecule has 3 rings (SSSR count). The first-order valence-corrected chi connectivity index (χ1v) is 10.4. The van der Waals surface area contributed by atoms with Crippen LogP contribution in [0.25, 0.3) is 0 Å². The Kier molecular flexibility index (Phi) is 5.38. The summed E-state index contributed by atoms with van der Waals surface area (Å²) in [5, 5.41) is 4.66. The normalized spacial score (nSPS) is 17.4. The number of nitrogens with zero attached hydrogens (tertiary/aromatic N) is 1. The Morgan fingerprint density at radius 2 is 1.87 bits per heavy atom. The number of likely N-dealkylation sites (tertiary alicyclic amines) is 1. The van der Waals surface area contributed by atoms with Crippen molar-refractivity contribution in [2.75, 3.05) is 19.6 Å². The lowest BCUT2D eigenvalue weighted by Gasteiger charge is -2.27. The van der Waals surface area contributed by atoms with Gasteiger partial charge in [-0.1, -0.05) is 11.6 Å². The molecule has 0 amide bonds. The molecule has 0 saturated carbocycles. The van der Waals surface area contributed by atoms with Crippen molar-refractivity contribution in [3.63, 3.8) is 0 Å². The molecule has 1 aliphatic rings. The lowest BCUT2D eigenvalue weighted by atomic mass is 10.1. The van der Waals surface area contributed by atoms with Crippen LogP contribution < -0.4 is 4.72 Å². The second-order valence-corrected chi connectivity index (χ2v) is 8.60. The van der Waals surface area contributed by atoms with Crippen molar-refractivity contribution >= 4 is 33.0 Å². The lowest BCUT2D eigenvalue weighted by molar-refractivity contribution is 0.247. The van der Waals surface area contributed by atoms with E-state index in [4.69, 9.17) is 11.6 Å². The number of hydrogen-bond donors (Lipinski definition) is 1. The van der Waals surface area contributed by atoms with E-state index in [1.165, 1.54) is 30.5 Å². The molecule has 23 heavy (non-hydrogen) atoms. The maximum absolute atomic E-state index is 12.5. The fraction of sp³-hybridized carbons (Fsp3) is 0.375. The number of thiophene rings is 1. The molecule has 1 aromatic carbocycles. The van der Waals surface area contributed by atoms with Crippen LogP contribution in [-0.2, 0) is 10.0 Å². The Labute approximate surface area is 146 Å². The first-order chi connectivity index (χ1) is 11.1. The molecule has 7 heteroatoms. The van der Waals surface area contributed by atoms with Crippen LogP contribution in [0.2, 0.25) is 5.02 Å². The SMILES string of the molecule is O=S(=O)(NC[C@@H](c1ccsc1)N1CCCC1)c1ccc(Cl)cc1. The van der Waals surface area contributed by atoms with Gasteiger partial charge in [0, 0.05) is 17.6 Å². The monoisotopic (exact) mass is 370 g/mol. The summed E-state index contributed by atoms with van der Waals surface area (Å²) in [6.07, 6.45) is 2.34. The molecule has 4 nitrogen and oxygen atoms in total. The molecule has 1 aromatic heterocycles. The molecule has 2 heterocycles. The highest BCUT2D eigenvalue weighted by molar-refractivity contribution is 7.89. The first-order valence-electron chi connectivity index (χ1n) is 7.58. The highest BCUT2D eigenvalue weighted by atomic mass is 35.5. The van der Waals surface area contributed by atoms with Crippen molar-refractivity contribution in [3.05, 3.63) is 51.7 Å².